The Morgan fingerprint density at radius 2 is 2.22 bits per heavy atom. The highest BCUT2D eigenvalue weighted by atomic mass is 35.5. The summed E-state index contributed by atoms with van der Waals surface area (Å²) in [6.45, 7) is 4.21. The fourth-order valence-electron chi connectivity index (χ4n) is 1.44. The number of nitrogens with zero attached hydrogens (tertiary/aromatic N) is 3. The van der Waals surface area contributed by atoms with Crippen LogP contribution >= 0.6 is 11.6 Å². The summed E-state index contributed by atoms with van der Waals surface area (Å²) in [6.07, 6.45) is 3.76. The molecule has 0 bridgehead atoms. The lowest BCUT2D eigenvalue weighted by molar-refractivity contribution is 0.367. The first-order chi connectivity index (χ1) is 8.56. The largest absolute Gasteiger partial charge is 0.382 e. The number of anilines is 1. The Morgan fingerprint density at radius 3 is 2.83 bits per heavy atom. The number of aromatic nitrogens is 2. The maximum atomic E-state index is 11.9. The van der Waals surface area contributed by atoms with E-state index < -0.39 is 0 Å². The highest BCUT2D eigenvalue weighted by Gasteiger charge is 2.08. The Bertz CT molecular complexity index is 431. The highest BCUT2D eigenvalue weighted by molar-refractivity contribution is 6.32. The Kier molecular flexibility index (Phi) is 6.15. The number of unbranched alkanes of at least 4 members (excludes halogenated alkanes) is 1. The fraction of sp³-hybridized carbons (Fsp3) is 0.667. The lowest BCUT2D eigenvalue weighted by Gasteiger charge is -2.12. The molecule has 0 aliphatic rings. The summed E-state index contributed by atoms with van der Waals surface area (Å²) in [5.41, 5.74) is 0.385. The first-order valence-electron chi connectivity index (χ1n) is 6.20. The van der Waals surface area contributed by atoms with Crippen molar-refractivity contribution in [3.8, 4) is 0 Å². The molecule has 1 heterocycles. The monoisotopic (exact) mass is 272 g/mol. The van der Waals surface area contributed by atoms with Crippen LogP contribution in [-0.2, 0) is 6.54 Å². The van der Waals surface area contributed by atoms with Gasteiger partial charge in [0.05, 0.1) is 18.4 Å². The summed E-state index contributed by atoms with van der Waals surface area (Å²) in [6, 6.07) is 0. The lowest BCUT2D eigenvalue weighted by Crippen LogP contribution is -2.29. The van der Waals surface area contributed by atoms with Crippen molar-refractivity contribution in [1.29, 1.82) is 0 Å². The van der Waals surface area contributed by atoms with Crippen LogP contribution in [0.4, 0.5) is 5.69 Å². The predicted octanol–water partition coefficient (Wildman–Crippen LogP) is 1.67. The van der Waals surface area contributed by atoms with Crippen LogP contribution in [0.5, 0.6) is 0 Å². The van der Waals surface area contributed by atoms with Crippen molar-refractivity contribution in [2.75, 3.05) is 32.5 Å². The van der Waals surface area contributed by atoms with Gasteiger partial charge in [-0.3, -0.25) is 4.79 Å². The molecule has 18 heavy (non-hydrogen) atoms. The summed E-state index contributed by atoms with van der Waals surface area (Å²) in [4.78, 5) is 13.9. The van der Waals surface area contributed by atoms with Crippen molar-refractivity contribution in [3.63, 3.8) is 0 Å². The average Bonchev–Trinajstić information content (AvgIpc) is 2.33. The molecule has 0 saturated heterocycles. The van der Waals surface area contributed by atoms with Crippen LogP contribution < -0.4 is 10.9 Å². The second-order valence-corrected chi connectivity index (χ2v) is 4.86. The Hall–Kier alpha value is -1.07. The molecule has 1 N–H and O–H groups in total. The Labute approximate surface area is 113 Å². The minimum atomic E-state index is -0.236. The smallest absolute Gasteiger partial charge is 0.287 e. The predicted molar refractivity (Wildman–Crippen MR) is 75.5 cm³/mol. The van der Waals surface area contributed by atoms with Crippen LogP contribution in [0.15, 0.2) is 11.0 Å². The van der Waals surface area contributed by atoms with Gasteiger partial charge in [0.2, 0.25) is 0 Å². The normalized spacial score (nSPS) is 10.9. The van der Waals surface area contributed by atoms with Crippen molar-refractivity contribution in [3.05, 3.63) is 21.6 Å². The first kappa shape index (κ1) is 15.0. The maximum absolute atomic E-state index is 11.9. The minimum Gasteiger partial charge on any atom is -0.382 e. The van der Waals surface area contributed by atoms with E-state index in [2.05, 4.69) is 17.3 Å². The van der Waals surface area contributed by atoms with Gasteiger partial charge < -0.3 is 10.2 Å². The third kappa shape index (κ3) is 4.31. The molecule has 1 aromatic heterocycles. The van der Waals surface area contributed by atoms with Crippen molar-refractivity contribution in [2.24, 2.45) is 0 Å². The topological polar surface area (TPSA) is 50.2 Å². The Morgan fingerprint density at radius 1 is 1.50 bits per heavy atom. The van der Waals surface area contributed by atoms with E-state index >= 15 is 0 Å². The molecule has 0 aliphatic carbocycles. The molecule has 6 heteroatoms. The molecular formula is C12H21ClN4O. The minimum absolute atomic E-state index is 0.222. The quantitative estimate of drug-likeness (QED) is 0.767. The van der Waals surface area contributed by atoms with Gasteiger partial charge in [0.1, 0.15) is 5.02 Å². The molecule has 0 atom stereocenters. The van der Waals surface area contributed by atoms with Crippen molar-refractivity contribution in [1.82, 2.24) is 14.7 Å². The van der Waals surface area contributed by atoms with Crippen LogP contribution in [0.1, 0.15) is 19.8 Å². The second-order valence-electron chi connectivity index (χ2n) is 4.48. The number of halogens is 1. The number of hydrogen-bond acceptors (Lipinski definition) is 4. The summed E-state index contributed by atoms with van der Waals surface area (Å²) in [7, 11) is 3.90. The third-order valence-electron chi connectivity index (χ3n) is 2.59. The Balaban J connectivity index is 2.75. The molecule has 1 rings (SSSR count). The SMILES string of the molecule is CCCCNc1cnn(CCN(C)C)c(=O)c1Cl. The van der Waals surface area contributed by atoms with Crippen LogP contribution in [0.3, 0.4) is 0 Å². The number of hydrogen-bond donors (Lipinski definition) is 1. The maximum Gasteiger partial charge on any atom is 0.287 e. The molecule has 0 radical (unpaired) electrons. The van der Waals surface area contributed by atoms with Crippen LogP contribution in [-0.4, -0.2) is 41.9 Å². The van der Waals surface area contributed by atoms with Gasteiger partial charge in [0, 0.05) is 13.1 Å². The number of likely N-dealkylation sites (N-methyl/N-ethyl adjacent to an activating group) is 1. The molecule has 0 unspecified atom stereocenters. The van der Waals surface area contributed by atoms with E-state index in [9.17, 15) is 4.79 Å². The molecule has 0 amide bonds. The zero-order valence-electron chi connectivity index (χ0n) is 11.2. The molecule has 0 aliphatic heterocycles. The molecule has 0 saturated carbocycles. The number of nitrogens with one attached hydrogen (secondary N) is 1. The van der Waals surface area contributed by atoms with Crippen LogP contribution in [0.2, 0.25) is 5.02 Å². The average molecular weight is 273 g/mol. The summed E-state index contributed by atoms with van der Waals surface area (Å²) in [5.74, 6) is 0. The van der Waals surface area contributed by atoms with Gasteiger partial charge in [-0.25, -0.2) is 4.68 Å². The molecule has 0 spiro atoms. The molecule has 0 fully saturated rings. The van der Waals surface area contributed by atoms with Gasteiger partial charge >= 0.3 is 0 Å². The van der Waals surface area contributed by atoms with Crippen LogP contribution in [0, 0.1) is 0 Å². The molecule has 5 nitrogen and oxygen atoms in total. The van der Waals surface area contributed by atoms with Crippen molar-refractivity contribution >= 4 is 17.3 Å². The fourth-order valence-corrected chi connectivity index (χ4v) is 1.66. The van der Waals surface area contributed by atoms with Gasteiger partial charge in [-0.2, -0.15) is 5.10 Å². The standard InChI is InChI=1S/C12H21ClN4O/c1-4-5-6-14-10-9-15-17(8-7-16(2)3)12(18)11(10)13/h9,14H,4-8H2,1-3H3. The highest BCUT2D eigenvalue weighted by Crippen LogP contribution is 2.15. The second kappa shape index (κ2) is 7.38. The van der Waals surface area contributed by atoms with Gasteiger partial charge in [-0.1, -0.05) is 24.9 Å². The van der Waals surface area contributed by atoms with Gasteiger partial charge in [0.25, 0.3) is 5.56 Å². The summed E-state index contributed by atoms with van der Waals surface area (Å²) < 4.78 is 1.40. The van der Waals surface area contributed by atoms with E-state index in [1.165, 1.54) is 4.68 Å². The van der Waals surface area contributed by atoms with E-state index in [0.29, 0.717) is 12.2 Å². The van der Waals surface area contributed by atoms with E-state index in [1.807, 2.05) is 19.0 Å². The summed E-state index contributed by atoms with van der Waals surface area (Å²) in [5, 5.41) is 7.47. The van der Waals surface area contributed by atoms with E-state index in [1.54, 1.807) is 6.20 Å². The van der Waals surface area contributed by atoms with Gasteiger partial charge in [-0.05, 0) is 20.5 Å². The van der Waals surface area contributed by atoms with Crippen LogP contribution in [0.25, 0.3) is 0 Å². The molecular weight excluding hydrogens is 252 g/mol. The third-order valence-corrected chi connectivity index (χ3v) is 2.95. The number of rotatable bonds is 7. The zero-order valence-corrected chi connectivity index (χ0v) is 12.0. The van der Waals surface area contributed by atoms with Gasteiger partial charge in [0.15, 0.2) is 0 Å². The molecule has 1 aromatic rings. The lowest BCUT2D eigenvalue weighted by atomic mass is 10.3. The van der Waals surface area contributed by atoms with E-state index in [-0.39, 0.29) is 10.6 Å². The molecule has 102 valence electrons. The summed E-state index contributed by atoms with van der Waals surface area (Å²) >= 11 is 6.04. The first-order valence-corrected chi connectivity index (χ1v) is 6.58. The van der Waals surface area contributed by atoms with E-state index in [4.69, 9.17) is 11.6 Å². The zero-order chi connectivity index (χ0) is 13.5. The molecule has 0 aromatic carbocycles. The van der Waals surface area contributed by atoms with Gasteiger partial charge in [-0.15, -0.1) is 0 Å². The van der Waals surface area contributed by atoms with E-state index in [0.717, 1.165) is 25.9 Å². The van der Waals surface area contributed by atoms with Crippen molar-refractivity contribution in [2.45, 2.75) is 26.3 Å². The van der Waals surface area contributed by atoms with Crippen molar-refractivity contribution < 1.29 is 0 Å².